The lowest BCUT2D eigenvalue weighted by Gasteiger charge is -1.96. The van der Waals surface area contributed by atoms with Gasteiger partial charge in [0.2, 0.25) is 0 Å². The molecule has 1 aromatic rings. The summed E-state index contributed by atoms with van der Waals surface area (Å²) in [6.07, 6.45) is 0.987. The molecular formula is C8H10NO3P. The summed E-state index contributed by atoms with van der Waals surface area (Å²) < 4.78 is 10.4. The van der Waals surface area contributed by atoms with Crippen LogP contribution in [0.3, 0.4) is 0 Å². The normalized spacial score (nSPS) is 12.2. The number of rotatable bonds is 3. The van der Waals surface area contributed by atoms with E-state index in [9.17, 15) is 4.57 Å². The Morgan fingerprint density at radius 1 is 1.31 bits per heavy atom. The first-order valence-electron chi connectivity index (χ1n) is 3.67. The van der Waals surface area contributed by atoms with Gasteiger partial charge in [-0.2, -0.15) is 0 Å². The summed E-state index contributed by atoms with van der Waals surface area (Å²) in [4.78, 5) is 20.6. The van der Waals surface area contributed by atoms with Gasteiger partial charge in [-0.1, -0.05) is 30.3 Å². The van der Waals surface area contributed by atoms with Crippen LogP contribution < -0.4 is 0 Å². The molecule has 0 heterocycles. The Hall–Kier alpha value is -0.960. The van der Waals surface area contributed by atoms with Gasteiger partial charge in [0, 0.05) is 6.21 Å². The van der Waals surface area contributed by atoms with Crippen molar-refractivity contribution < 1.29 is 14.4 Å². The molecule has 5 heteroatoms. The number of hydrogen-bond acceptors (Lipinski definition) is 2. The summed E-state index contributed by atoms with van der Waals surface area (Å²) in [7, 11) is -4.00. The standard InChI is InChI=1S/C8H10NO3P/c10-13(11,12)7-9-6-8-4-2-1-3-5-8/h1-6H,7H2,(H2,10,11,12)/b9-6+. The molecule has 2 N–H and O–H groups in total. The lowest BCUT2D eigenvalue weighted by Crippen LogP contribution is -1.85. The van der Waals surface area contributed by atoms with Gasteiger partial charge in [-0.3, -0.25) is 9.56 Å². The van der Waals surface area contributed by atoms with Crippen molar-refractivity contribution >= 4 is 13.8 Å². The largest absolute Gasteiger partial charge is 0.346 e. The highest BCUT2D eigenvalue weighted by molar-refractivity contribution is 7.51. The first-order valence-corrected chi connectivity index (χ1v) is 5.47. The zero-order valence-electron chi connectivity index (χ0n) is 6.87. The topological polar surface area (TPSA) is 69.9 Å². The molecule has 0 atom stereocenters. The van der Waals surface area contributed by atoms with Gasteiger partial charge in [0.25, 0.3) is 0 Å². The fourth-order valence-electron chi connectivity index (χ4n) is 0.792. The van der Waals surface area contributed by atoms with Crippen molar-refractivity contribution in [3.63, 3.8) is 0 Å². The van der Waals surface area contributed by atoms with E-state index in [0.717, 1.165) is 5.56 Å². The second-order valence-corrected chi connectivity index (χ2v) is 4.14. The van der Waals surface area contributed by atoms with E-state index in [1.54, 1.807) is 0 Å². The zero-order valence-corrected chi connectivity index (χ0v) is 7.76. The Bertz CT molecular complexity index is 331. The van der Waals surface area contributed by atoms with E-state index in [2.05, 4.69) is 4.99 Å². The van der Waals surface area contributed by atoms with Gasteiger partial charge in [-0.15, -0.1) is 0 Å². The van der Waals surface area contributed by atoms with Crippen LogP contribution in [-0.4, -0.2) is 22.3 Å². The molecular weight excluding hydrogens is 189 g/mol. The summed E-state index contributed by atoms with van der Waals surface area (Å²) in [5.41, 5.74) is 0.830. The van der Waals surface area contributed by atoms with Crippen LogP contribution in [0.4, 0.5) is 0 Å². The van der Waals surface area contributed by atoms with Gasteiger partial charge < -0.3 is 9.79 Å². The van der Waals surface area contributed by atoms with Crippen molar-refractivity contribution in [2.45, 2.75) is 0 Å². The molecule has 0 aliphatic rings. The summed E-state index contributed by atoms with van der Waals surface area (Å²) in [6, 6.07) is 9.14. The molecule has 0 amide bonds. The molecule has 1 aromatic carbocycles. The van der Waals surface area contributed by atoms with E-state index >= 15 is 0 Å². The maximum atomic E-state index is 10.4. The van der Waals surface area contributed by atoms with E-state index in [1.807, 2.05) is 30.3 Å². The van der Waals surface area contributed by atoms with Crippen LogP contribution in [0.2, 0.25) is 0 Å². The molecule has 0 saturated carbocycles. The van der Waals surface area contributed by atoms with Crippen molar-refractivity contribution in [1.29, 1.82) is 0 Å². The number of benzene rings is 1. The lowest BCUT2D eigenvalue weighted by molar-refractivity contribution is 0.374. The number of hydrogen-bond donors (Lipinski definition) is 2. The van der Waals surface area contributed by atoms with Crippen molar-refractivity contribution in [1.82, 2.24) is 0 Å². The minimum Gasteiger partial charge on any atom is -0.323 e. The maximum Gasteiger partial charge on any atom is 0.346 e. The minimum absolute atomic E-state index is 0.456. The predicted octanol–water partition coefficient (Wildman–Crippen LogP) is 1.24. The summed E-state index contributed by atoms with van der Waals surface area (Å²) in [5, 5.41) is 0. The molecule has 13 heavy (non-hydrogen) atoms. The SMILES string of the molecule is O=P(O)(O)C/N=C/c1ccccc1. The third-order valence-corrected chi connectivity index (χ3v) is 1.84. The van der Waals surface area contributed by atoms with Gasteiger partial charge in [0.1, 0.15) is 6.29 Å². The Labute approximate surface area is 76.1 Å². The molecule has 0 unspecified atom stereocenters. The van der Waals surface area contributed by atoms with Crippen LogP contribution in [0.15, 0.2) is 35.3 Å². The molecule has 0 aromatic heterocycles. The van der Waals surface area contributed by atoms with Crippen LogP contribution in [0, 0.1) is 0 Å². The fraction of sp³-hybridized carbons (Fsp3) is 0.125. The van der Waals surface area contributed by atoms with Crippen LogP contribution in [-0.2, 0) is 4.57 Å². The van der Waals surface area contributed by atoms with Gasteiger partial charge >= 0.3 is 7.60 Å². The van der Waals surface area contributed by atoms with Gasteiger partial charge in [-0.25, -0.2) is 0 Å². The second-order valence-electron chi connectivity index (χ2n) is 2.53. The van der Waals surface area contributed by atoms with E-state index in [-0.39, 0.29) is 0 Å². The first kappa shape index (κ1) is 10.1. The zero-order chi connectivity index (χ0) is 9.73. The highest BCUT2D eigenvalue weighted by Gasteiger charge is 2.09. The van der Waals surface area contributed by atoms with Crippen molar-refractivity contribution in [3.05, 3.63) is 35.9 Å². The summed E-state index contributed by atoms with van der Waals surface area (Å²) >= 11 is 0. The molecule has 0 bridgehead atoms. The summed E-state index contributed by atoms with van der Waals surface area (Å²) in [5.74, 6) is 0. The van der Waals surface area contributed by atoms with Gasteiger partial charge in [0.15, 0.2) is 0 Å². The minimum atomic E-state index is -4.00. The Morgan fingerprint density at radius 2 is 1.92 bits per heavy atom. The summed E-state index contributed by atoms with van der Waals surface area (Å²) in [6.45, 7) is 0. The number of aliphatic imine (C=N–C) groups is 1. The fourth-order valence-corrected chi connectivity index (χ4v) is 1.09. The molecule has 1 rings (SSSR count). The molecule has 4 nitrogen and oxygen atoms in total. The molecule has 0 aliphatic heterocycles. The van der Waals surface area contributed by atoms with Crippen LogP contribution in [0.1, 0.15) is 5.56 Å². The monoisotopic (exact) mass is 199 g/mol. The molecule has 0 spiro atoms. The van der Waals surface area contributed by atoms with Gasteiger partial charge in [0.05, 0.1) is 0 Å². The maximum absolute atomic E-state index is 10.4. The van der Waals surface area contributed by atoms with E-state index in [1.165, 1.54) is 6.21 Å². The lowest BCUT2D eigenvalue weighted by atomic mass is 10.2. The molecule has 0 fully saturated rings. The molecule has 0 saturated heterocycles. The second kappa shape index (κ2) is 4.33. The third kappa shape index (κ3) is 4.58. The van der Waals surface area contributed by atoms with E-state index in [4.69, 9.17) is 9.79 Å². The average molecular weight is 199 g/mol. The van der Waals surface area contributed by atoms with Crippen molar-refractivity contribution in [3.8, 4) is 0 Å². The van der Waals surface area contributed by atoms with Crippen molar-refractivity contribution in [2.24, 2.45) is 4.99 Å². The van der Waals surface area contributed by atoms with E-state index in [0.29, 0.717) is 0 Å². The smallest absolute Gasteiger partial charge is 0.323 e. The van der Waals surface area contributed by atoms with Crippen molar-refractivity contribution in [2.75, 3.05) is 6.29 Å². The highest BCUT2D eigenvalue weighted by Crippen LogP contribution is 2.33. The van der Waals surface area contributed by atoms with Crippen LogP contribution in [0.5, 0.6) is 0 Å². The molecule has 0 radical (unpaired) electrons. The third-order valence-electron chi connectivity index (χ3n) is 1.31. The highest BCUT2D eigenvalue weighted by atomic mass is 31.2. The first-order chi connectivity index (χ1) is 6.08. The Balaban J connectivity index is 2.56. The Morgan fingerprint density at radius 3 is 2.46 bits per heavy atom. The van der Waals surface area contributed by atoms with E-state index < -0.39 is 13.9 Å². The quantitative estimate of drug-likeness (QED) is 0.568. The predicted molar refractivity (Wildman–Crippen MR) is 50.9 cm³/mol. The van der Waals surface area contributed by atoms with Crippen LogP contribution in [0.25, 0.3) is 0 Å². The van der Waals surface area contributed by atoms with Crippen LogP contribution >= 0.6 is 7.60 Å². The average Bonchev–Trinajstić information content (AvgIpc) is 2.04. The Kier molecular flexibility index (Phi) is 3.37. The molecule has 70 valence electrons. The number of nitrogens with zero attached hydrogens (tertiary/aromatic N) is 1. The van der Waals surface area contributed by atoms with Gasteiger partial charge in [-0.05, 0) is 5.56 Å². The molecule has 0 aliphatic carbocycles.